The van der Waals surface area contributed by atoms with Crippen LogP contribution in [-0.2, 0) is 14.3 Å². The van der Waals surface area contributed by atoms with E-state index in [0.717, 1.165) is 31.6 Å². The van der Waals surface area contributed by atoms with Gasteiger partial charge in [-0.2, -0.15) is 0 Å². The smallest absolute Gasteiger partial charge is 0.333 e. The van der Waals surface area contributed by atoms with Crippen LogP contribution in [0, 0.1) is 46.3 Å². The Balaban J connectivity index is 1.19. The van der Waals surface area contributed by atoms with Gasteiger partial charge in [0.15, 0.2) is 6.04 Å². The van der Waals surface area contributed by atoms with Crippen LogP contribution in [0.4, 0.5) is 0 Å². The minimum atomic E-state index is -0.877. The van der Waals surface area contributed by atoms with Gasteiger partial charge in [0.05, 0.1) is 20.3 Å². The number of esters is 1. The molecule has 44 heavy (non-hydrogen) atoms. The number of nitrogens with one attached hydrogen (secondary N) is 1. The monoisotopic (exact) mass is 605 g/mol. The maximum Gasteiger partial charge on any atom is 0.333 e. The lowest BCUT2D eigenvalue weighted by Gasteiger charge is -2.61. The fraction of sp³-hybridized carbons (Fsp3) is 0.684. The number of rotatable bonds is 9. The molecule has 6 heteroatoms. The van der Waals surface area contributed by atoms with E-state index in [1.807, 2.05) is 13.0 Å². The van der Waals surface area contributed by atoms with Gasteiger partial charge in [-0.15, -0.1) is 0 Å². The highest BCUT2D eigenvalue weighted by Gasteiger charge is 2.59. The largest absolute Gasteiger partial charge is 0.497 e. The van der Waals surface area contributed by atoms with Crippen molar-refractivity contribution in [3.63, 3.8) is 0 Å². The van der Waals surface area contributed by atoms with E-state index in [2.05, 4.69) is 39.1 Å². The summed E-state index contributed by atoms with van der Waals surface area (Å²) in [6.45, 7) is 11.6. The zero-order chi connectivity index (χ0) is 31.8. The van der Waals surface area contributed by atoms with Crippen molar-refractivity contribution in [3.05, 3.63) is 53.1 Å². The minimum absolute atomic E-state index is 0.124. The van der Waals surface area contributed by atoms with Crippen LogP contribution in [0.1, 0.15) is 104 Å². The molecule has 1 aromatic rings. The number of hydrogen-bond acceptors (Lipinski definition) is 5. The Morgan fingerprint density at radius 1 is 1.07 bits per heavy atom. The van der Waals surface area contributed by atoms with E-state index in [4.69, 9.17) is 9.47 Å². The molecule has 3 saturated carbocycles. The summed E-state index contributed by atoms with van der Waals surface area (Å²) in [6.07, 6.45) is 14.8. The second-order valence-corrected chi connectivity index (χ2v) is 15.0. The van der Waals surface area contributed by atoms with Gasteiger partial charge in [0.1, 0.15) is 5.75 Å². The van der Waals surface area contributed by atoms with Gasteiger partial charge >= 0.3 is 5.97 Å². The Labute approximate surface area is 265 Å². The van der Waals surface area contributed by atoms with Crippen molar-refractivity contribution >= 4 is 11.9 Å². The van der Waals surface area contributed by atoms with Crippen molar-refractivity contribution in [3.8, 4) is 5.75 Å². The molecule has 242 valence electrons. The average molecular weight is 606 g/mol. The molecule has 1 aromatic carbocycles. The third kappa shape index (κ3) is 5.88. The maximum atomic E-state index is 13.1. The predicted molar refractivity (Wildman–Crippen MR) is 174 cm³/mol. The van der Waals surface area contributed by atoms with E-state index in [0.29, 0.717) is 51.9 Å². The fourth-order valence-electron chi connectivity index (χ4n) is 10.2. The quantitative estimate of drug-likeness (QED) is 0.172. The number of aliphatic hydroxyl groups is 1. The average Bonchev–Trinajstić information content (AvgIpc) is 3.38. The Morgan fingerprint density at radius 2 is 1.80 bits per heavy atom. The summed E-state index contributed by atoms with van der Waals surface area (Å²) in [5.74, 6) is 3.63. The maximum absolute atomic E-state index is 13.1. The molecule has 4 aliphatic carbocycles. The molecule has 0 bridgehead atoms. The summed E-state index contributed by atoms with van der Waals surface area (Å²) in [4.78, 5) is 25.6. The van der Waals surface area contributed by atoms with E-state index in [1.54, 1.807) is 36.9 Å². The Kier molecular flexibility index (Phi) is 9.70. The summed E-state index contributed by atoms with van der Waals surface area (Å²) in [5.41, 5.74) is 3.65. The highest BCUT2D eigenvalue weighted by Crippen LogP contribution is 2.67. The second kappa shape index (κ2) is 13.0. The van der Waals surface area contributed by atoms with E-state index in [1.165, 1.54) is 39.2 Å². The highest BCUT2D eigenvalue weighted by atomic mass is 16.5. The molecule has 0 unspecified atom stereocenters. The van der Waals surface area contributed by atoms with Gasteiger partial charge in [-0.3, -0.25) is 4.79 Å². The number of allylic oxidation sites excluding steroid dienone is 3. The number of aliphatic hydroxyl groups excluding tert-OH is 1. The molecule has 4 aliphatic rings. The summed E-state index contributed by atoms with van der Waals surface area (Å²) in [6, 6.07) is 6.20. The van der Waals surface area contributed by atoms with Gasteiger partial charge < -0.3 is 19.9 Å². The van der Waals surface area contributed by atoms with Crippen molar-refractivity contribution in [1.29, 1.82) is 0 Å². The molecule has 3 fully saturated rings. The summed E-state index contributed by atoms with van der Waals surface area (Å²) in [5, 5.41) is 13.5. The number of ether oxygens (including phenoxy) is 2. The molecule has 6 nitrogen and oxygen atoms in total. The minimum Gasteiger partial charge on any atom is -0.497 e. The lowest BCUT2D eigenvalue weighted by molar-refractivity contribution is -0.144. The van der Waals surface area contributed by atoms with Crippen molar-refractivity contribution in [2.75, 3.05) is 14.2 Å². The Morgan fingerprint density at radius 3 is 2.48 bits per heavy atom. The van der Waals surface area contributed by atoms with E-state index in [9.17, 15) is 14.7 Å². The third-order valence-electron chi connectivity index (χ3n) is 12.9. The molecular weight excluding hydrogens is 550 g/mol. The van der Waals surface area contributed by atoms with Gasteiger partial charge in [-0.1, -0.05) is 57.6 Å². The van der Waals surface area contributed by atoms with Crippen LogP contribution in [0.5, 0.6) is 5.75 Å². The van der Waals surface area contributed by atoms with Gasteiger partial charge in [-0.05, 0) is 129 Å². The van der Waals surface area contributed by atoms with Crippen molar-refractivity contribution in [1.82, 2.24) is 5.32 Å². The Hall–Kier alpha value is -2.60. The zero-order valence-electron chi connectivity index (χ0n) is 28.0. The lowest BCUT2D eigenvalue weighted by Crippen LogP contribution is -2.54. The number of benzene rings is 1. The number of methoxy groups -OCH3 is 2. The van der Waals surface area contributed by atoms with E-state index in [-0.39, 0.29) is 17.4 Å². The normalized spacial score (nSPS) is 36.2. The van der Waals surface area contributed by atoms with Crippen molar-refractivity contribution < 1.29 is 24.2 Å². The molecule has 0 aliphatic heterocycles. The van der Waals surface area contributed by atoms with Crippen LogP contribution in [0.3, 0.4) is 0 Å². The summed E-state index contributed by atoms with van der Waals surface area (Å²) >= 11 is 0. The molecule has 5 rings (SSSR count). The van der Waals surface area contributed by atoms with Gasteiger partial charge in [0, 0.05) is 5.57 Å². The van der Waals surface area contributed by atoms with Crippen LogP contribution in [-0.4, -0.2) is 37.3 Å². The molecule has 0 heterocycles. The fourth-order valence-corrected chi connectivity index (χ4v) is 10.2. The van der Waals surface area contributed by atoms with Gasteiger partial charge in [0.25, 0.3) is 0 Å². The topological polar surface area (TPSA) is 84.9 Å². The molecule has 0 radical (unpaired) electrons. The standard InChI is InChI=1S/C38H55NO5/c1-23(9-8-10-24(2)35(41)39-34(36(42)44-7)26-11-13-27(43-6)14-12-26)29-17-18-31-28-15-16-30-25(3)33(40)20-22-38(30,5)32(28)19-21-37(29,31)4/h10-14,18,23,25,28-30,32-34,40H,8-9,15-17,19-22H2,1-7H3,(H,39,41)/b24-10+/t23-,25+,28+,29-,30+,32+,33+,34+,37-,38+/m1/s1. The first-order valence-corrected chi connectivity index (χ1v) is 17.0. The van der Waals surface area contributed by atoms with Crippen LogP contribution in [0.25, 0.3) is 0 Å². The molecule has 10 atom stereocenters. The van der Waals surface area contributed by atoms with Crippen molar-refractivity contribution in [2.45, 2.75) is 105 Å². The molecule has 0 aromatic heterocycles. The predicted octanol–water partition coefficient (Wildman–Crippen LogP) is 7.57. The van der Waals surface area contributed by atoms with Gasteiger partial charge in [0.2, 0.25) is 5.91 Å². The highest BCUT2D eigenvalue weighted by molar-refractivity contribution is 5.95. The van der Waals surface area contributed by atoms with Crippen LogP contribution in [0.2, 0.25) is 0 Å². The zero-order valence-corrected chi connectivity index (χ0v) is 28.0. The molecule has 2 N–H and O–H groups in total. The van der Waals surface area contributed by atoms with E-state index < -0.39 is 12.0 Å². The second-order valence-electron chi connectivity index (χ2n) is 15.0. The van der Waals surface area contributed by atoms with Gasteiger partial charge in [-0.25, -0.2) is 4.79 Å². The Bertz CT molecular complexity index is 1270. The van der Waals surface area contributed by atoms with Crippen LogP contribution < -0.4 is 10.1 Å². The third-order valence-corrected chi connectivity index (χ3v) is 12.9. The van der Waals surface area contributed by atoms with Crippen LogP contribution >= 0.6 is 0 Å². The van der Waals surface area contributed by atoms with Crippen LogP contribution in [0.15, 0.2) is 47.6 Å². The number of hydrogen-bond donors (Lipinski definition) is 2. The number of fused-ring (bicyclic) bond motifs is 5. The SMILES string of the molecule is COC(=O)[C@@H](NC(=O)/C(C)=C/CC[C@@H](C)[C@H]1CC=C2[C@@H]3CC[C@H]4[C@H](C)[C@@H](O)CC[C@]4(C)[C@H]3CC[C@@]21C)c1ccc(OC)cc1. The number of carbonyl (C=O) groups is 2. The lowest BCUT2D eigenvalue weighted by atomic mass is 9.44. The first-order chi connectivity index (χ1) is 20.9. The molecule has 1 amide bonds. The first kappa shape index (κ1) is 32.8. The van der Waals surface area contributed by atoms with Crippen molar-refractivity contribution in [2.24, 2.45) is 46.3 Å². The molecule has 0 spiro atoms. The molecule has 0 saturated heterocycles. The number of amides is 1. The first-order valence-electron chi connectivity index (χ1n) is 17.0. The number of carbonyl (C=O) groups excluding carboxylic acids is 2. The summed E-state index contributed by atoms with van der Waals surface area (Å²) < 4.78 is 10.2. The molecular formula is C38H55NO5. The summed E-state index contributed by atoms with van der Waals surface area (Å²) in [7, 11) is 2.92. The van der Waals surface area contributed by atoms with E-state index >= 15 is 0 Å².